The normalized spacial score (nSPS) is 17.0. The molecule has 2 rings (SSSR count). The summed E-state index contributed by atoms with van der Waals surface area (Å²) in [5, 5.41) is 8.84. The monoisotopic (exact) mass is 265 g/mol. The first-order valence-corrected chi connectivity index (χ1v) is 6.48. The summed E-state index contributed by atoms with van der Waals surface area (Å²) in [5.41, 5.74) is 5.69. The highest BCUT2D eigenvalue weighted by Gasteiger charge is 2.24. The summed E-state index contributed by atoms with van der Waals surface area (Å²) in [6.07, 6.45) is 3.23. The van der Waals surface area contributed by atoms with Gasteiger partial charge in [0.05, 0.1) is 0 Å². The molecule has 1 aromatic heterocycles. The van der Waals surface area contributed by atoms with E-state index in [9.17, 15) is 9.59 Å². The van der Waals surface area contributed by atoms with Crippen molar-refractivity contribution in [1.29, 1.82) is 0 Å². The number of nitrogen functional groups attached to an aromatic ring is 1. The lowest BCUT2D eigenvalue weighted by atomic mass is 10.1. The Morgan fingerprint density at radius 2 is 2.11 bits per heavy atom. The number of hydrogen-bond donors (Lipinski definition) is 3. The fraction of sp³-hybridized carbons (Fsp3) is 0.583. The van der Waals surface area contributed by atoms with Crippen LogP contribution in [0.1, 0.15) is 36.7 Å². The minimum atomic E-state index is -0.546. The number of anilines is 1. The van der Waals surface area contributed by atoms with E-state index in [1.54, 1.807) is 11.8 Å². The van der Waals surface area contributed by atoms with Crippen LogP contribution in [-0.2, 0) is 4.79 Å². The highest BCUT2D eigenvalue weighted by atomic mass is 16.2. The lowest BCUT2D eigenvalue weighted by Gasteiger charge is -2.29. The number of piperidine rings is 1. The van der Waals surface area contributed by atoms with E-state index >= 15 is 0 Å². The molecule has 104 valence electrons. The summed E-state index contributed by atoms with van der Waals surface area (Å²) in [6, 6.07) is 0.892. The zero-order valence-corrected chi connectivity index (χ0v) is 11.0. The van der Waals surface area contributed by atoms with Crippen LogP contribution in [-0.4, -0.2) is 46.0 Å². The van der Waals surface area contributed by atoms with E-state index in [1.807, 2.05) is 0 Å². The number of nitrogens with zero attached hydrogens (tertiary/aromatic N) is 2. The van der Waals surface area contributed by atoms with Gasteiger partial charge in [0.1, 0.15) is 17.6 Å². The maximum Gasteiger partial charge on any atom is 0.270 e. The van der Waals surface area contributed by atoms with Crippen LogP contribution in [0.15, 0.2) is 6.07 Å². The zero-order valence-electron chi connectivity index (χ0n) is 11.0. The molecule has 0 radical (unpaired) electrons. The SMILES string of the molecule is CC(NC(=O)c1cc(N)n[nH]1)C(=O)N1CCCCC1. The number of nitrogens with one attached hydrogen (secondary N) is 2. The third kappa shape index (κ3) is 3.24. The largest absolute Gasteiger partial charge is 0.382 e. The fourth-order valence-electron chi connectivity index (χ4n) is 2.18. The average Bonchev–Trinajstić information content (AvgIpc) is 2.85. The number of hydrogen-bond acceptors (Lipinski definition) is 4. The van der Waals surface area contributed by atoms with Gasteiger partial charge in [-0.05, 0) is 26.2 Å². The molecule has 1 fully saturated rings. The molecule has 2 amide bonds. The van der Waals surface area contributed by atoms with Crippen LogP contribution in [0.3, 0.4) is 0 Å². The molecule has 1 aliphatic heterocycles. The Kier molecular flexibility index (Phi) is 4.03. The zero-order chi connectivity index (χ0) is 13.8. The topological polar surface area (TPSA) is 104 Å². The molecule has 0 aromatic carbocycles. The molecule has 1 unspecified atom stereocenters. The van der Waals surface area contributed by atoms with E-state index in [4.69, 9.17) is 5.73 Å². The van der Waals surface area contributed by atoms with E-state index in [0.717, 1.165) is 32.4 Å². The Morgan fingerprint density at radius 1 is 1.42 bits per heavy atom. The minimum Gasteiger partial charge on any atom is -0.382 e. The van der Waals surface area contributed by atoms with Gasteiger partial charge in [-0.1, -0.05) is 0 Å². The first kappa shape index (κ1) is 13.4. The molecule has 0 saturated carbocycles. The smallest absolute Gasteiger partial charge is 0.270 e. The van der Waals surface area contributed by atoms with Gasteiger partial charge in [0, 0.05) is 19.2 Å². The molecule has 0 aliphatic carbocycles. The van der Waals surface area contributed by atoms with Gasteiger partial charge in [0.2, 0.25) is 5.91 Å². The molecule has 1 atom stereocenters. The van der Waals surface area contributed by atoms with E-state index in [1.165, 1.54) is 6.07 Å². The van der Waals surface area contributed by atoms with E-state index in [2.05, 4.69) is 15.5 Å². The van der Waals surface area contributed by atoms with E-state index in [-0.39, 0.29) is 23.3 Å². The van der Waals surface area contributed by atoms with Gasteiger partial charge in [-0.25, -0.2) is 0 Å². The van der Waals surface area contributed by atoms with Gasteiger partial charge in [0.15, 0.2) is 0 Å². The number of amides is 2. The summed E-state index contributed by atoms with van der Waals surface area (Å²) in [7, 11) is 0. The van der Waals surface area contributed by atoms with Crippen molar-refractivity contribution in [2.75, 3.05) is 18.8 Å². The van der Waals surface area contributed by atoms with Crippen molar-refractivity contribution < 1.29 is 9.59 Å². The van der Waals surface area contributed by atoms with Crippen LogP contribution in [0.5, 0.6) is 0 Å². The van der Waals surface area contributed by atoms with Crippen LogP contribution in [0.25, 0.3) is 0 Å². The van der Waals surface area contributed by atoms with Crippen molar-refractivity contribution in [1.82, 2.24) is 20.4 Å². The molecule has 7 nitrogen and oxygen atoms in total. The minimum absolute atomic E-state index is 0.0412. The standard InChI is InChI=1S/C12H19N5O2/c1-8(12(19)17-5-3-2-4-6-17)14-11(18)9-7-10(13)16-15-9/h7-8H,2-6H2,1H3,(H,14,18)(H3,13,15,16). The Morgan fingerprint density at radius 3 is 2.68 bits per heavy atom. The van der Waals surface area contributed by atoms with Gasteiger partial charge in [0.25, 0.3) is 5.91 Å². The molecule has 7 heteroatoms. The predicted molar refractivity (Wildman–Crippen MR) is 70.4 cm³/mol. The molecule has 2 heterocycles. The maximum atomic E-state index is 12.1. The highest BCUT2D eigenvalue weighted by molar-refractivity contribution is 5.96. The molecule has 1 aromatic rings. The van der Waals surface area contributed by atoms with Gasteiger partial charge >= 0.3 is 0 Å². The second-order valence-electron chi connectivity index (χ2n) is 4.79. The third-order valence-electron chi connectivity index (χ3n) is 3.23. The fourth-order valence-corrected chi connectivity index (χ4v) is 2.18. The Balaban J connectivity index is 1.91. The third-order valence-corrected chi connectivity index (χ3v) is 3.23. The van der Waals surface area contributed by atoms with Crippen molar-refractivity contribution >= 4 is 17.6 Å². The Labute approximate surface area is 111 Å². The molecule has 4 N–H and O–H groups in total. The van der Waals surface area contributed by atoms with Crippen molar-refractivity contribution in [3.63, 3.8) is 0 Å². The van der Waals surface area contributed by atoms with Gasteiger partial charge in [-0.15, -0.1) is 0 Å². The van der Waals surface area contributed by atoms with Gasteiger partial charge in [-0.2, -0.15) is 5.10 Å². The number of H-pyrrole nitrogens is 1. The molecular formula is C12H19N5O2. The summed E-state index contributed by atoms with van der Waals surface area (Å²) < 4.78 is 0. The lowest BCUT2D eigenvalue weighted by molar-refractivity contribution is -0.133. The van der Waals surface area contributed by atoms with E-state index < -0.39 is 6.04 Å². The second-order valence-corrected chi connectivity index (χ2v) is 4.79. The molecule has 0 bridgehead atoms. The van der Waals surface area contributed by atoms with Crippen LogP contribution in [0.4, 0.5) is 5.82 Å². The lowest BCUT2D eigenvalue weighted by Crippen LogP contribution is -2.48. The first-order valence-electron chi connectivity index (χ1n) is 6.48. The predicted octanol–water partition coefficient (Wildman–Crippen LogP) is 0.123. The number of nitrogens with two attached hydrogens (primary N) is 1. The molecule has 1 aliphatic rings. The molecule has 19 heavy (non-hydrogen) atoms. The van der Waals surface area contributed by atoms with Crippen molar-refractivity contribution in [2.24, 2.45) is 0 Å². The van der Waals surface area contributed by atoms with Crippen LogP contribution < -0.4 is 11.1 Å². The quantitative estimate of drug-likeness (QED) is 0.722. The summed E-state index contributed by atoms with van der Waals surface area (Å²) in [4.78, 5) is 25.8. The summed E-state index contributed by atoms with van der Waals surface area (Å²) in [6.45, 7) is 3.24. The van der Waals surface area contributed by atoms with Crippen LogP contribution in [0.2, 0.25) is 0 Å². The van der Waals surface area contributed by atoms with Gasteiger partial charge < -0.3 is 16.0 Å². The van der Waals surface area contributed by atoms with Crippen LogP contribution in [0, 0.1) is 0 Å². The molecular weight excluding hydrogens is 246 g/mol. The Hall–Kier alpha value is -2.05. The number of aromatic nitrogens is 2. The highest BCUT2D eigenvalue weighted by Crippen LogP contribution is 2.10. The summed E-state index contributed by atoms with van der Waals surface area (Å²) >= 11 is 0. The molecule has 0 spiro atoms. The maximum absolute atomic E-state index is 12.1. The summed E-state index contributed by atoms with van der Waals surface area (Å²) in [5.74, 6) is -0.164. The van der Waals surface area contributed by atoms with E-state index in [0.29, 0.717) is 0 Å². The molecule has 1 saturated heterocycles. The van der Waals surface area contributed by atoms with Crippen molar-refractivity contribution in [3.05, 3.63) is 11.8 Å². The number of likely N-dealkylation sites (tertiary alicyclic amines) is 1. The number of rotatable bonds is 3. The van der Waals surface area contributed by atoms with Crippen molar-refractivity contribution in [2.45, 2.75) is 32.2 Å². The van der Waals surface area contributed by atoms with Crippen LogP contribution >= 0.6 is 0 Å². The number of carbonyl (C=O) groups is 2. The average molecular weight is 265 g/mol. The number of carbonyl (C=O) groups excluding carboxylic acids is 2. The second kappa shape index (κ2) is 5.73. The van der Waals surface area contributed by atoms with Gasteiger partial charge in [-0.3, -0.25) is 14.7 Å². The first-order chi connectivity index (χ1) is 9.08. The Bertz CT molecular complexity index is 464. The number of aromatic amines is 1. The van der Waals surface area contributed by atoms with Crippen molar-refractivity contribution in [3.8, 4) is 0 Å².